The highest BCUT2D eigenvalue weighted by Crippen LogP contribution is 2.32. The zero-order valence-electron chi connectivity index (χ0n) is 8.27. The highest BCUT2D eigenvalue weighted by molar-refractivity contribution is 6.27. The summed E-state index contributed by atoms with van der Waals surface area (Å²) >= 11 is 5.42. The van der Waals surface area contributed by atoms with E-state index in [1.807, 2.05) is 0 Å². The number of likely N-dealkylation sites (tertiary alicyclic amines) is 2. The molecule has 2 aliphatic rings. The first kappa shape index (κ1) is 10.4. The minimum absolute atomic E-state index is 0.0995. The van der Waals surface area contributed by atoms with Crippen molar-refractivity contribution in [1.82, 2.24) is 9.80 Å². The van der Waals surface area contributed by atoms with E-state index in [9.17, 15) is 14.4 Å². The summed E-state index contributed by atoms with van der Waals surface area (Å²) in [6.45, 7) is 0.649. The fourth-order valence-electron chi connectivity index (χ4n) is 2.20. The predicted octanol–water partition coefficient (Wildman–Crippen LogP) is -0.702. The van der Waals surface area contributed by atoms with Gasteiger partial charge in [-0.05, 0) is 0 Å². The molecule has 2 atom stereocenters. The third kappa shape index (κ3) is 1.42. The highest BCUT2D eigenvalue weighted by Gasteiger charge is 2.51. The van der Waals surface area contributed by atoms with Crippen molar-refractivity contribution < 1.29 is 14.4 Å². The van der Waals surface area contributed by atoms with Gasteiger partial charge in [-0.25, -0.2) is 0 Å². The third-order valence-electron chi connectivity index (χ3n) is 3.08. The fraction of sp³-hybridized carbons (Fsp3) is 0.667. The molecular formula is C9H11ClN2O3. The molecule has 82 valence electrons. The second-order valence-corrected chi connectivity index (χ2v) is 4.15. The van der Waals surface area contributed by atoms with Crippen LogP contribution in [0.1, 0.15) is 0 Å². The maximum absolute atomic E-state index is 11.6. The molecule has 0 aliphatic carbocycles. The van der Waals surface area contributed by atoms with Crippen molar-refractivity contribution in [2.75, 3.05) is 26.0 Å². The Hall–Kier alpha value is -1.10. The molecule has 0 N–H and O–H groups in total. The van der Waals surface area contributed by atoms with Crippen LogP contribution in [0, 0.1) is 11.8 Å². The Morgan fingerprint density at radius 1 is 1.33 bits per heavy atom. The number of hydrogen-bond acceptors (Lipinski definition) is 3. The molecule has 2 heterocycles. The van der Waals surface area contributed by atoms with E-state index >= 15 is 0 Å². The fourth-order valence-corrected chi connectivity index (χ4v) is 2.37. The minimum Gasteiger partial charge on any atom is -0.340 e. The van der Waals surface area contributed by atoms with Crippen molar-refractivity contribution in [2.24, 2.45) is 11.8 Å². The molecule has 2 saturated heterocycles. The molecule has 6 heteroatoms. The van der Waals surface area contributed by atoms with Crippen molar-refractivity contribution in [3.05, 3.63) is 0 Å². The van der Waals surface area contributed by atoms with Crippen molar-refractivity contribution in [3.8, 4) is 0 Å². The smallest absolute Gasteiger partial charge is 0.237 e. The number of nitrogens with zero attached hydrogens (tertiary/aromatic N) is 2. The van der Waals surface area contributed by atoms with E-state index in [1.54, 1.807) is 0 Å². The molecule has 15 heavy (non-hydrogen) atoms. The van der Waals surface area contributed by atoms with Crippen molar-refractivity contribution in [1.29, 1.82) is 0 Å². The van der Waals surface area contributed by atoms with Crippen LogP contribution in [0.2, 0.25) is 0 Å². The van der Waals surface area contributed by atoms with Gasteiger partial charge >= 0.3 is 0 Å². The number of carbonyl (C=O) groups is 3. The van der Waals surface area contributed by atoms with E-state index < -0.39 is 0 Å². The Kier molecular flexibility index (Phi) is 2.42. The van der Waals surface area contributed by atoms with Gasteiger partial charge in [-0.3, -0.25) is 19.3 Å². The lowest BCUT2D eigenvalue weighted by Crippen LogP contribution is -2.36. The molecule has 0 aromatic rings. The summed E-state index contributed by atoms with van der Waals surface area (Å²) in [5.41, 5.74) is 0. The number of imide groups is 1. The summed E-state index contributed by atoms with van der Waals surface area (Å²) in [5.74, 6) is -1.39. The average Bonchev–Trinajstić information content (AvgIpc) is 2.75. The zero-order valence-corrected chi connectivity index (χ0v) is 9.03. The van der Waals surface area contributed by atoms with Gasteiger partial charge in [-0.1, -0.05) is 0 Å². The number of fused-ring (bicyclic) bond motifs is 1. The van der Waals surface area contributed by atoms with Gasteiger partial charge in [-0.2, -0.15) is 0 Å². The van der Waals surface area contributed by atoms with Gasteiger partial charge in [0.15, 0.2) is 0 Å². The molecule has 3 amide bonds. The lowest BCUT2D eigenvalue weighted by molar-refractivity contribution is -0.139. The predicted molar refractivity (Wildman–Crippen MR) is 52.1 cm³/mol. The van der Waals surface area contributed by atoms with Gasteiger partial charge < -0.3 is 4.90 Å². The van der Waals surface area contributed by atoms with Crippen molar-refractivity contribution in [3.63, 3.8) is 0 Å². The molecule has 0 radical (unpaired) electrons. The van der Waals surface area contributed by atoms with E-state index in [4.69, 9.17) is 11.6 Å². The summed E-state index contributed by atoms with van der Waals surface area (Å²) in [6.07, 6.45) is 0. The maximum atomic E-state index is 11.6. The number of halogens is 1. The van der Waals surface area contributed by atoms with Gasteiger partial charge in [0, 0.05) is 20.1 Å². The van der Waals surface area contributed by atoms with Gasteiger partial charge in [-0.15, -0.1) is 11.6 Å². The van der Waals surface area contributed by atoms with Gasteiger partial charge in [0.1, 0.15) is 5.88 Å². The molecule has 2 rings (SSSR count). The molecule has 0 bridgehead atoms. The monoisotopic (exact) mass is 230 g/mol. The molecule has 2 aliphatic heterocycles. The van der Waals surface area contributed by atoms with Crippen molar-refractivity contribution in [2.45, 2.75) is 0 Å². The standard InChI is InChI=1S/C9H11ClN2O3/c1-11-8(14)5-3-12(7(13)2-10)4-6(5)9(11)15/h5-6H,2-4H2,1H3/t5-,6-/m1/s1. The van der Waals surface area contributed by atoms with E-state index in [1.165, 1.54) is 11.9 Å². The average molecular weight is 231 g/mol. The molecule has 0 aromatic heterocycles. The second-order valence-electron chi connectivity index (χ2n) is 3.88. The third-order valence-corrected chi connectivity index (χ3v) is 3.31. The Bertz CT molecular complexity index is 320. The molecule has 0 aromatic carbocycles. The lowest BCUT2D eigenvalue weighted by atomic mass is 10.00. The molecule has 2 fully saturated rings. The highest BCUT2D eigenvalue weighted by atomic mass is 35.5. The van der Waals surface area contributed by atoms with Crippen LogP contribution in [0.3, 0.4) is 0 Å². The Labute approximate surface area is 92.0 Å². The summed E-state index contributed by atoms with van der Waals surface area (Å²) < 4.78 is 0. The van der Waals surface area contributed by atoms with Crippen LogP contribution < -0.4 is 0 Å². The van der Waals surface area contributed by atoms with E-state index in [-0.39, 0.29) is 35.4 Å². The number of alkyl halides is 1. The lowest BCUT2D eigenvalue weighted by Gasteiger charge is -2.17. The van der Waals surface area contributed by atoms with Crippen LogP contribution in [0.4, 0.5) is 0 Å². The van der Waals surface area contributed by atoms with Crippen LogP contribution in [-0.2, 0) is 14.4 Å². The summed E-state index contributed by atoms with van der Waals surface area (Å²) in [6, 6.07) is 0. The Balaban J connectivity index is 2.15. The number of amides is 3. The summed E-state index contributed by atoms with van der Waals surface area (Å²) in [5, 5.41) is 0. The van der Waals surface area contributed by atoms with Crippen molar-refractivity contribution >= 4 is 29.3 Å². The van der Waals surface area contributed by atoms with Gasteiger partial charge in [0.25, 0.3) is 0 Å². The molecule has 0 spiro atoms. The van der Waals surface area contributed by atoms with Crippen LogP contribution in [-0.4, -0.2) is 53.5 Å². The van der Waals surface area contributed by atoms with E-state index in [2.05, 4.69) is 0 Å². The molecule has 0 unspecified atom stereocenters. The maximum Gasteiger partial charge on any atom is 0.237 e. The topological polar surface area (TPSA) is 57.7 Å². The molecule has 5 nitrogen and oxygen atoms in total. The first-order chi connectivity index (χ1) is 7.06. The Morgan fingerprint density at radius 3 is 2.20 bits per heavy atom. The quantitative estimate of drug-likeness (QED) is 0.442. The molecular weight excluding hydrogens is 220 g/mol. The number of hydrogen-bond donors (Lipinski definition) is 0. The summed E-state index contributed by atoms with van der Waals surface area (Å²) in [7, 11) is 1.48. The van der Waals surface area contributed by atoms with E-state index in [0.29, 0.717) is 13.1 Å². The Morgan fingerprint density at radius 2 is 1.80 bits per heavy atom. The first-order valence-corrected chi connectivity index (χ1v) is 5.25. The largest absolute Gasteiger partial charge is 0.340 e. The van der Waals surface area contributed by atoms with Crippen LogP contribution in [0.15, 0.2) is 0 Å². The van der Waals surface area contributed by atoms with Crippen LogP contribution in [0.5, 0.6) is 0 Å². The van der Waals surface area contributed by atoms with E-state index in [0.717, 1.165) is 4.90 Å². The first-order valence-electron chi connectivity index (χ1n) is 4.71. The van der Waals surface area contributed by atoms with Crippen LogP contribution in [0.25, 0.3) is 0 Å². The molecule has 0 saturated carbocycles. The number of carbonyl (C=O) groups excluding carboxylic acids is 3. The summed E-state index contributed by atoms with van der Waals surface area (Å²) in [4.78, 5) is 37.1. The van der Waals surface area contributed by atoms with Crippen LogP contribution >= 0.6 is 11.6 Å². The minimum atomic E-state index is -0.352. The van der Waals surface area contributed by atoms with Gasteiger partial charge in [0.2, 0.25) is 17.7 Å². The normalized spacial score (nSPS) is 30.0. The second kappa shape index (κ2) is 3.48. The SMILES string of the molecule is CN1C(=O)[C@@H]2CN(C(=O)CCl)C[C@H]2C1=O. The van der Waals surface area contributed by atoms with Gasteiger partial charge in [0.05, 0.1) is 11.8 Å². The zero-order chi connectivity index (χ0) is 11.2. The number of rotatable bonds is 1.